The number of carbonyl (C=O) groups excluding carboxylic acids is 2. The summed E-state index contributed by atoms with van der Waals surface area (Å²) in [5, 5.41) is 8.80. The van der Waals surface area contributed by atoms with Crippen LogP contribution in [0.5, 0.6) is 0 Å². The molecule has 0 bridgehead atoms. The highest BCUT2D eigenvalue weighted by Crippen LogP contribution is 2.05. The molecule has 3 N–H and O–H groups in total. The maximum atomic E-state index is 11.6. The molecule has 0 aromatic rings. The van der Waals surface area contributed by atoms with Crippen LogP contribution >= 0.6 is 0 Å². The Bertz CT molecular complexity index is 290. The molecule has 0 aliphatic carbocycles. The van der Waals surface area contributed by atoms with Gasteiger partial charge >= 0.3 is 0 Å². The Morgan fingerprint density at radius 1 is 1.16 bits per heavy atom. The SMILES string of the molecule is CCC(C)NC(=O)CCNCC(=O)NC(C)(C)CC. The lowest BCUT2D eigenvalue weighted by Gasteiger charge is -2.24. The summed E-state index contributed by atoms with van der Waals surface area (Å²) in [4.78, 5) is 23.1. The van der Waals surface area contributed by atoms with Crippen molar-refractivity contribution in [1.29, 1.82) is 0 Å². The summed E-state index contributed by atoms with van der Waals surface area (Å²) < 4.78 is 0. The number of hydrogen-bond donors (Lipinski definition) is 3. The minimum atomic E-state index is -0.174. The molecule has 0 aromatic carbocycles. The molecule has 0 radical (unpaired) electrons. The summed E-state index contributed by atoms with van der Waals surface area (Å²) in [6.45, 7) is 10.8. The van der Waals surface area contributed by atoms with Crippen LogP contribution in [0.1, 0.15) is 53.9 Å². The lowest BCUT2D eigenvalue weighted by Crippen LogP contribution is -2.46. The third-order valence-electron chi connectivity index (χ3n) is 3.20. The molecule has 0 aliphatic heterocycles. The lowest BCUT2D eigenvalue weighted by molar-refractivity contribution is -0.123. The monoisotopic (exact) mass is 271 g/mol. The molecule has 5 heteroatoms. The second-order valence-corrected chi connectivity index (χ2v) is 5.59. The van der Waals surface area contributed by atoms with Crippen LogP contribution in [0.2, 0.25) is 0 Å². The Morgan fingerprint density at radius 3 is 2.32 bits per heavy atom. The van der Waals surface area contributed by atoms with Crippen LogP contribution in [0, 0.1) is 0 Å². The van der Waals surface area contributed by atoms with Gasteiger partial charge in [0.1, 0.15) is 0 Å². The van der Waals surface area contributed by atoms with Crippen LogP contribution in [-0.2, 0) is 9.59 Å². The molecule has 0 heterocycles. The Hall–Kier alpha value is -1.10. The zero-order valence-corrected chi connectivity index (χ0v) is 12.9. The Labute approximate surface area is 116 Å². The quantitative estimate of drug-likeness (QED) is 0.552. The average molecular weight is 271 g/mol. The van der Waals surface area contributed by atoms with Crippen molar-refractivity contribution in [2.45, 2.75) is 65.5 Å². The third kappa shape index (κ3) is 9.47. The first-order chi connectivity index (χ1) is 8.80. The normalized spacial score (nSPS) is 12.9. The molecule has 0 aliphatic rings. The van der Waals surface area contributed by atoms with E-state index < -0.39 is 0 Å². The topological polar surface area (TPSA) is 70.2 Å². The molecule has 0 aromatic heterocycles. The molecule has 112 valence electrons. The molecule has 0 saturated heterocycles. The van der Waals surface area contributed by atoms with Gasteiger partial charge in [-0.05, 0) is 33.6 Å². The van der Waals surface area contributed by atoms with Crippen molar-refractivity contribution in [1.82, 2.24) is 16.0 Å². The van der Waals surface area contributed by atoms with Crippen molar-refractivity contribution in [3.8, 4) is 0 Å². The van der Waals surface area contributed by atoms with Crippen molar-refractivity contribution in [3.63, 3.8) is 0 Å². The highest BCUT2D eigenvalue weighted by atomic mass is 16.2. The lowest BCUT2D eigenvalue weighted by atomic mass is 10.0. The molecular weight excluding hydrogens is 242 g/mol. The van der Waals surface area contributed by atoms with Gasteiger partial charge in [0.2, 0.25) is 11.8 Å². The van der Waals surface area contributed by atoms with E-state index >= 15 is 0 Å². The van der Waals surface area contributed by atoms with Gasteiger partial charge in [-0.2, -0.15) is 0 Å². The van der Waals surface area contributed by atoms with E-state index in [1.54, 1.807) is 0 Å². The van der Waals surface area contributed by atoms with Crippen molar-refractivity contribution >= 4 is 11.8 Å². The molecule has 0 saturated carbocycles. The van der Waals surface area contributed by atoms with Gasteiger partial charge in [0.25, 0.3) is 0 Å². The van der Waals surface area contributed by atoms with Crippen molar-refractivity contribution in [2.75, 3.05) is 13.1 Å². The summed E-state index contributed by atoms with van der Waals surface area (Å²) in [5.74, 6) is -0.00895. The molecule has 1 atom stereocenters. The fraction of sp³-hybridized carbons (Fsp3) is 0.857. The Balaban J connectivity index is 3.69. The molecule has 19 heavy (non-hydrogen) atoms. The van der Waals surface area contributed by atoms with Crippen LogP contribution in [0.25, 0.3) is 0 Å². The van der Waals surface area contributed by atoms with Gasteiger partial charge < -0.3 is 16.0 Å². The van der Waals surface area contributed by atoms with Gasteiger partial charge in [-0.1, -0.05) is 13.8 Å². The number of nitrogens with one attached hydrogen (secondary N) is 3. The van der Waals surface area contributed by atoms with E-state index in [0.717, 1.165) is 12.8 Å². The van der Waals surface area contributed by atoms with Gasteiger partial charge in [-0.3, -0.25) is 9.59 Å². The van der Waals surface area contributed by atoms with Gasteiger partial charge in [-0.25, -0.2) is 0 Å². The Kier molecular flexibility index (Phi) is 8.39. The molecule has 0 fully saturated rings. The summed E-state index contributed by atoms with van der Waals surface area (Å²) >= 11 is 0. The molecule has 2 amide bonds. The standard InChI is InChI=1S/C14H29N3O2/c1-6-11(3)16-12(18)8-9-15-10-13(19)17-14(4,5)7-2/h11,15H,6-10H2,1-5H3,(H,16,18)(H,17,19). The largest absolute Gasteiger partial charge is 0.354 e. The molecule has 0 rings (SSSR count). The maximum absolute atomic E-state index is 11.6. The minimum absolute atomic E-state index is 0.0242. The second kappa shape index (κ2) is 8.91. The highest BCUT2D eigenvalue weighted by Gasteiger charge is 2.17. The minimum Gasteiger partial charge on any atom is -0.354 e. The smallest absolute Gasteiger partial charge is 0.234 e. The molecule has 0 spiro atoms. The van der Waals surface area contributed by atoms with Crippen molar-refractivity contribution < 1.29 is 9.59 Å². The van der Waals surface area contributed by atoms with Crippen molar-refractivity contribution in [2.24, 2.45) is 0 Å². The second-order valence-electron chi connectivity index (χ2n) is 5.59. The van der Waals surface area contributed by atoms with E-state index in [-0.39, 0.29) is 29.9 Å². The predicted octanol–water partition coefficient (Wildman–Crippen LogP) is 1.19. The number of rotatable bonds is 9. The summed E-state index contributed by atoms with van der Waals surface area (Å²) in [6.07, 6.45) is 2.21. The highest BCUT2D eigenvalue weighted by molar-refractivity contribution is 5.79. The molecule has 1 unspecified atom stereocenters. The van der Waals surface area contributed by atoms with E-state index in [9.17, 15) is 9.59 Å². The Morgan fingerprint density at radius 2 is 1.79 bits per heavy atom. The number of carbonyl (C=O) groups is 2. The van der Waals surface area contributed by atoms with E-state index in [0.29, 0.717) is 13.0 Å². The van der Waals surface area contributed by atoms with E-state index in [4.69, 9.17) is 0 Å². The number of amides is 2. The fourth-order valence-corrected chi connectivity index (χ4v) is 1.36. The van der Waals surface area contributed by atoms with Gasteiger partial charge in [0.15, 0.2) is 0 Å². The third-order valence-corrected chi connectivity index (χ3v) is 3.20. The predicted molar refractivity (Wildman–Crippen MR) is 77.9 cm³/mol. The van der Waals surface area contributed by atoms with Crippen LogP contribution in [0.15, 0.2) is 0 Å². The van der Waals surface area contributed by atoms with Crippen LogP contribution in [0.4, 0.5) is 0 Å². The molecular formula is C14H29N3O2. The van der Waals surface area contributed by atoms with Crippen LogP contribution < -0.4 is 16.0 Å². The van der Waals surface area contributed by atoms with Crippen LogP contribution in [-0.4, -0.2) is 36.5 Å². The van der Waals surface area contributed by atoms with Crippen LogP contribution in [0.3, 0.4) is 0 Å². The summed E-state index contributed by atoms with van der Waals surface area (Å²) in [5.41, 5.74) is -0.174. The first kappa shape index (κ1) is 17.9. The van der Waals surface area contributed by atoms with E-state index in [1.807, 2.05) is 34.6 Å². The van der Waals surface area contributed by atoms with E-state index in [2.05, 4.69) is 16.0 Å². The fourth-order valence-electron chi connectivity index (χ4n) is 1.36. The summed E-state index contributed by atoms with van der Waals surface area (Å²) in [7, 11) is 0. The first-order valence-electron chi connectivity index (χ1n) is 7.11. The number of hydrogen-bond acceptors (Lipinski definition) is 3. The van der Waals surface area contributed by atoms with Gasteiger partial charge in [0.05, 0.1) is 6.54 Å². The van der Waals surface area contributed by atoms with Gasteiger partial charge in [-0.15, -0.1) is 0 Å². The maximum Gasteiger partial charge on any atom is 0.234 e. The summed E-state index contributed by atoms with van der Waals surface area (Å²) in [6, 6.07) is 0.209. The van der Waals surface area contributed by atoms with Crippen molar-refractivity contribution in [3.05, 3.63) is 0 Å². The molecule has 5 nitrogen and oxygen atoms in total. The zero-order valence-electron chi connectivity index (χ0n) is 12.9. The average Bonchev–Trinajstić information content (AvgIpc) is 2.34. The van der Waals surface area contributed by atoms with E-state index in [1.165, 1.54) is 0 Å². The van der Waals surface area contributed by atoms with Gasteiger partial charge in [0, 0.05) is 24.5 Å². The zero-order chi connectivity index (χ0) is 14.9. The first-order valence-corrected chi connectivity index (χ1v) is 7.11.